The number of benzene rings is 2. The van der Waals surface area contributed by atoms with Crippen molar-refractivity contribution in [1.29, 1.82) is 0 Å². The largest absolute Gasteiger partial charge is 0.494 e. The van der Waals surface area contributed by atoms with Gasteiger partial charge in [0.15, 0.2) is 5.13 Å². The maximum absolute atomic E-state index is 12.3. The van der Waals surface area contributed by atoms with Crippen molar-refractivity contribution >= 4 is 22.4 Å². The van der Waals surface area contributed by atoms with Crippen molar-refractivity contribution in [3.05, 3.63) is 76.3 Å². The fourth-order valence-corrected chi connectivity index (χ4v) is 3.23. The molecule has 5 heteroatoms. The molecule has 0 saturated heterocycles. The van der Waals surface area contributed by atoms with E-state index in [4.69, 9.17) is 4.74 Å². The van der Waals surface area contributed by atoms with Crippen molar-refractivity contribution in [2.24, 2.45) is 0 Å². The summed E-state index contributed by atoms with van der Waals surface area (Å²) in [6, 6.07) is 15.5. The highest BCUT2D eigenvalue weighted by atomic mass is 32.1. The monoisotopic (exact) mass is 352 g/mol. The number of ether oxygens (including phenoxy) is 1. The SMILES string of the molecule is CCOc1ccc(C(=O)Nc2ncc(Cc3ccc(C)cc3)s2)cc1. The molecule has 0 aliphatic carbocycles. The summed E-state index contributed by atoms with van der Waals surface area (Å²) in [7, 11) is 0. The molecule has 0 aliphatic heterocycles. The van der Waals surface area contributed by atoms with Gasteiger partial charge in [0.05, 0.1) is 6.61 Å². The summed E-state index contributed by atoms with van der Waals surface area (Å²) >= 11 is 1.50. The lowest BCUT2D eigenvalue weighted by Crippen LogP contribution is -2.11. The highest BCUT2D eigenvalue weighted by Gasteiger charge is 2.10. The van der Waals surface area contributed by atoms with Gasteiger partial charge in [0, 0.05) is 23.1 Å². The van der Waals surface area contributed by atoms with E-state index in [2.05, 4.69) is 41.5 Å². The Balaban J connectivity index is 1.62. The Hall–Kier alpha value is -2.66. The molecule has 0 aliphatic rings. The molecule has 128 valence electrons. The Kier molecular flexibility index (Phi) is 5.46. The molecular weight excluding hydrogens is 332 g/mol. The number of carbonyl (C=O) groups is 1. The second-order valence-corrected chi connectivity index (χ2v) is 6.82. The molecule has 0 bridgehead atoms. The van der Waals surface area contributed by atoms with E-state index in [9.17, 15) is 4.79 Å². The third-order valence-corrected chi connectivity index (χ3v) is 4.61. The molecule has 3 rings (SSSR count). The van der Waals surface area contributed by atoms with Crippen LogP contribution in [0.25, 0.3) is 0 Å². The standard InChI is InChI=1S/C20H20N2O2S/c1-3-24-17-10-8-16(9-11-17)19(23)22-20-21-13-18(25-20)12-15-6-4-14(2)5-7-15/h4-11,13H,3,12H2,1-2H3,(H,21,22,23). The third kappa shape index (κ3) is 4.67. The molecule has 1 amide bonds. The fourth-order valence-electron chi connectivity index (χ4n) is 2.39. The van der Waals surface area contributed by atoms with Crippen molar-refractivity contribution in [2.45, 2.75) is 20.3 Å². The van der Waals surface area contributed by atoms with Gasteiger partial charge in [-0.15, -0.1) is 11.3 Å². The first-order chi connectivity index (χ1) is 12.1. The molecule has 0 unspecified atom stereocenters. The van der Waals surface area contributed by atoms with Crippen molar-refractivity contribution in [3.63, 3.8) is 0 Å². The van der Waals surface area contributed by atoms with Gasteiger partial charge in [-0.1, -0.05) is 29.8 Å². The van der Waals surface area contributed by atoms with E-state index in [1.165, 1.54) is 22.5 Å². The summed E-state index contributed by atoms with van der Waals surface area (Å²) < 4.78 is 5.38. The molecule has 4 nitrogen and oxygen atoms in total. The summed E-state index contributed by atoms with van der Waals surface area (Å²) in [5.41, 5.74) is 3.06. The van der Waals surface area contributed by atoms with Gasteiger partial charge in [-0.05, 0) is 43.7 Å². The van der Waals surface area contributed by atoms with Crippen LogP contribution in [0, 0.1) is 6.92 Å². The Morgan fingerprint density at radius 2 is 1.84 bits per heavy atom. The minimum atomic E-state index is -0.167. The number of thiazole rings is 1. The van der Waals surface area contributed by atoms with Crippen LogP contribution in [0.2, 0.25) is 0 Å². The van der Waals surface area contributed by atoms with E-state index in [-0.39, 0.29) is 5.91 Å². The molecule has 0 atom stereocenters. The molecule has 2 aromatic carbocycles. The van der Waals surface area contributed by atoms with Crippen LogP contribution in [0.5, 0.6) is 5.75 Å². The lowest BCUT2D eigenvalue weighted by Gasteiger charge is -2.04. The average Bonchev–Trinajstić information content (AvgIpc) is 3.05. The number of amides is 1. The number of rotatable bonds is 6. The number of aromatic nitrogens is 1. The molecule has 1 N–H and O–H groups in total. The summed E-state index contributed by atoms with van der Waals surface area (Å²) in [5.74, 6) is 0.591. The number of aryl methyl sites for hydroxylation is 1. The van der Waals surface area contributed by atoms with Crippen LogP contribution in [0.1, 0.15) is 33.3 Å². The van der Waals surface area contributed by atoms with E-state index in [1.54, 1.807) is 24.3 Å². The van der Waals surface area contributed by atoms with Gasteiger partial charge in [-0.25, -0.2) is 4.98 Å². The summed E-state index contributed by atoms with van der Waals surface area (Å²) in [4.78, 5) is 17.7. The number of hydrogen-bond donors (Lipinski definition) is 1. The Labute approximate surface area is 151 Å². The van der Waals surface area contributed by atoms with Crippen LogP contribution in [0.3, 0.4) is 0 Å². The smallest absolute Gasteiger partial charge is 0.257 e. The van der Waals surface area contributed by atoms with Gasteiger partial charge in [0.2, 0.25) is 0 Å². The minimum absolute atomic E-state index is 0.167. The maximum Gasteiger partial charge on any atom is 0.257 e. The number of anilines is 1. The number of hydrogen-bond acceptors (Lipinski definition) is 4. The number of nitrogens with one attached hydrogen (secondary N) is 1. The van der Waals surface area contributed by atoms with Gasteiger partial charge in [0.25, 0.3) is 5.91 Å². The third-order valence-electron chi connectivity index (χ3n) is 3.70. The van der Waals surface area contributed by atoms with Crippen LogP contribution in [0.4, 0.5) is 5.13 Å². The molecule has 0 fully saturated rings. The second kappa shape index (κ2) is 7.94. The van der Waals surface area contributed by atoms with Gasteiger partial charge in [-0.3, -0.25) is 10.1 Å². The van der Waals surface area contributed by atoms with E-state index < -0.39 is 0 Å². The van der Waals surface area contributed by atoms with Crippen LogP contribution in [-0.4, -0.2) is 17.5 Å². The van der Waals surface area contributed by atoms with E-state index in [0.29, 0.717) is 17.3 Å². The first-order valence-electron chi connectivity index (χ1n) is 8.18. The Bertz CT molecular complexity index is 839. The lowest BCUT2D eigenvalue weighted by molar-refractivity contribution is 0.102. The lowest BCUT2D eigenvalue weighted by atomic mass is 10.1. The van der Waals surface area contributed by atoms with Crippen molar-refractivity contribution in [3.8, 4) is 5.75 Å². The van der Waals surface area contributed by atoms with Crippen LogP contribution in [0.15, 0.2) is 54.7 Å². The predicted octanol–water partition coefficient (Wildman–Crippen LogP) is 4.69. The highest BCUT2D eigenvalue weighted by molar-refractivity contribution is 7.15. The fraction of sp³-hybridized carbons (Fsp3) is 0.200. The normalized spacial score (nSPS) is 10.5. The van der Waals surface area contributed by atoms with Crippen molar-refractivity contribution in [1.82, 2.24) is 4.98 Å². The van der Waals surface area contributed by atoms with Crippen LogP contribution < -0.4 is 10.1 Å². The van der Waals surface area contributed by atoms with Crippen molar-refractivity contribution in [2.75, 3.05) is 11.9 Å². The van der Waals surface area contributed by atoms with E-state index in [0.717, 1.165) is 17.0 Å². The van der Waals surface area contributed by atoms with Crippen molar-refractivity contribution < 1.29 is 9.53 Å². The highest BCUT2D eigenvalue weighted by Crippen LogP contribution is 2.22. The van der Waals surface area contributed by atoms with Crippen LogP contribution >= 0.6 is 11.3 Å². The van der Waals surface area contributed by atoms with Gasteiger partial charge in [-0.2, -0.15) is 0 Å². The summed E-state index contributed by atoms with van der Waals surface area (Å²) in [5, 5.41) is 3.46. The average molecular weight is 352 g/mol. The molecular formula is C20H20N2O2S. The molecule has 0 saturated carbocycles. The van der Waals surface area contributed by atoms with E-state index in [1.807, 2.05) is 13.1 Å². The molecule has 0 spiro atoms. The van der Waals surface area contributed by atoms with Crippen LogP contribution in [-0.2, 0) is 6.42 Å². The number of carbonyl (C=O) groups excluding carboxylic acids is 1. The molecule has 3 aromatic rings. The molecule has 0 radical (unpaired) electrons. The van der Waals surface area contributed by atoms with Gasteiger partial charge < -0.3 is 4.74 Å². The zero-order chi connectivity index (χ0) is 17.6. The summed E-state index contributed by atoms with van der Waals surface area (Å²) in [6.45, 7) is 4.61. The second-order valence-electron chi connectivity index (χ2n) is 5.71. The zero-order valence-electron chi connectivity index (χ0n) is 14.3. The molecule has 1 aromatic heterocycles. The van der Waals surface area contributed by atoms with Gasteiger partial charge >= 0.3 is 0 Å². The minimum Gasteiger partial charge on any atom is -0.494 e. The Morgan fingerprint density at radius 1 is 1.12 bits per heavy atom. The predicted molar refractivity (Wildman–Crippen MR) is 102 cm³/mol. The Morgan fingerprint density at radius 3 is 2.52 bits per heavy atom. The zero-order valence-corrected chi connectivity index (χ0v) is 15.1. The topological polar surface area (TPSA) is 51.2 Å². The summed E-state index contributed by atoms with van der Waals surface area (Å²) in [6.07, 6.45) is 2.63. The van der Waals surface area contributed by atoms with E-state index >= 15 is 0 Å². The molecule has 1 heterocycles. The quantitative estimate of drug-likeness (QED) is 0.700. The number of nitrogens with zero attached hydrogens (tertiary/aromatic N) is 1. The maximum atomic E-state index is 12.3. The van der Waals surface area contributed by atoms with Gasteiger partial charge in [0.1, 0.15) is 5.75 Å². The molecule has 25 heavy (non-hydrogen) atoms. The first kappa shape index (κ1) is 17.2. The first-order valence-corrected chi connectivity index (χ1v) is 9.00.